The van der Waals surface area contributed by atoms with Gasteiger partial charge in [0.25, 0.3) is 0 Å². The van der Waals surface area contributed by atoms with Crippen LogP contribution in [0.25, 0.3) is 0 Å². The van der Waals surface area contributed by atoms with Gasteiger partial charge in [0.1, 0.15) is 10.7 Å². The molecular weight excluding hydrogens is 353 g/mol. The summed E-state index contributed by atoms with van der Waals surface area (Å²) in [6.45, 7) is 9.28. The smallest absolute Gasteiger partial charge is 0.244 e. The number of nitrogens with zero attached hydrogens (tertiary/aromatic N) is 2. The van der Waals surface area contributed by atoms with E-state index in [4.69, 9.17) is 11.6 Å². The lowest BCUT2D eigenvalue weighted by atomic mass is 10.1. The summed E-state index contributed by atoms with van der Waals surface area (Å²) in [4.78, 5) is 0.172. The van der Waals surface area contributed by atoms with Crippen LogP contribution in [0.1, 0.15) is 37.7 Å². The number of nitrogens with one attached hydrogen (secondary N) is 1. The number of aromatic nitrogens is 2. The van der Waals surface area contributed by atoms with Crippen molar-refractivity contribution in [2.45, 2.75) is 51.6 Å². The van der Waals surface area contributed by atoms with Crippen molar-refractivity contribution in [3.8, 4) is 0 Å². The maximum absolute atomic E-state index is 13.2. The summed E-state index contributed by atoms with van der Waals surface area (Å²) >= 11 is 5.72. The second kappa shape index (κ2) is 6.46. The Balaban J connectivity index is 2.31. The standard InChI is InChI=1S/C16H21ClFN3O2S/c1-10-15(11(2)21(20-10)16(3,4)5)24(22,23)19-9-12-6-7-14(18)13(17)8-12/h6-8,19H,9H2,1-5H3. The van der Waals surface area contributed by atoms with Crippen LogP contribution < -0.4 is 4.72 Å². The van der Waals surface area contributed by atoms with Crippen molar-refractivity contribution >= 4 is 21.6 Å². The third-order valence-electron chi connectivity index (χ3n) is 3.58. The zero-order chi connectivity index (χ0) is 18.3. The Morgan fingerprint density at radius 3 is 2.42 bits per heavy atom. The van der Waals surface area contributed by atoms with E-state index in [1.807, 2.05) is 20.8 Å². The Labute approximate surface area is 146 Å². The van der Waals surface area contributed by atoms with Crippen molar-refractivity contribution in [2.75, 3.05) is 0 Å². The van der Waals surface area contributed by atoms with Crippen LogP contribution in [0.4, 0.5) is 4.39 Å². The van der Waals surface area contributed by atoms with Crippen LogP contribution in [0.5, 0.6) is 0 Å². The Morgan fingerprint density at radius 2 is 1.92 bits per heavy atom. The summed E-state index contributed by atoms with van der Waals surface area (Å²) < 4.78 is 42.7. The Hall–Kier alpha value is -1.44. The van der Waals surface area contributed by atoms with E-state index in [1.54, 1.807) is 18.5 Å². The second-order valence-electron chi connectivity index (χ2n) is 6.66. The Bertz CT molecular complexity index is 870. The molecule has 1 aromatic heterocycles. The molecule has 0 aliphatic rings. The molecule has 0 aliphatic heterocycles. The minimum Gasteiger partial charge on any atom is -0.263 e. The van der Waals surface area contributed by atoms with Crippen LogP contribution in [-0.4, -0.2) is 18.2 Å². The third kappa shape index (κ3) is 3.79. The lowest BCUT2D eigenvalue weighted by molar-refractivity contribution is 0.345. The van der Waals surface area contributed by atoms with Crippen LogP contribution in [0.15, 0.2) is 23.1 Å². The number of hydrogen-bond acceptors (Lipinski definition) is 3. The SMILES string of the molecule is Cc1nn(C(C)(C)C)c(C)c1S(=O)(=O)NCc1ccc(F)c(Cl)c1. The quantitative estimate of drug-likeness (QED) is 0.891. The summed E-state index contributed by atoms with van der Waals surface area (Å²) in [5.41, 5.74) is 1.26. The van der Waals surface area contributed by atoms with Gasteiger partial charge < -0.3 is 0 Å². The fraction of sp³-hybridized carbons (Fsp3) is 0.438. The minimum atomic E-state index is -3.75. The number of halogens is 2. The molecule has 0 bridgehead atoms. The lowest BCUT2D eigenvalue weighted by Crippen LogP contribution is -2.26. The largest absolute Gasteiger partial charge is 0.263 e. The predicted octanol–water partition coefficient (Wildman–Crippen LogP) is 3.53. The van der Waals surface area contributed by atoms with Gasteiger partial charge in [-0.3, -0.25) is 4.68 Å². The van der Waals surface area contributed by atoms with Gasteiger partial charge in [0.15, 0.2) is 0 Å². The molecule has 0 atom stereocenters. The van der Waals surface area contributed by atoms with Crippen LogP contribution in [0.2, 0.25) is 5.02 Å². The fourth-order valence-electron chi connectivity index (χ4n) is 2.57. The highest BCUT2D eigenvalue weighted by Gasteiger charge is 2.28. The molecule has 0 fully saturated rings. The lowest BCUT2D eigenvalue weighted by Gasteiger charge is -2.21. The highest BCUT2D eigenvalue weighted by atomic mass is 35.5. The molecule has 1 heterocycles. The zero-order valence-corrected chi connectivity index (χ0v) is 15.9. The molecular formula is C16H21ClFN3O2S. The molecule has 1 aromatic carbocycles. The summed E-state index contributed by atoms with van der Waals surface area (Å²) in [6, 6.07) is 4.10. The maximum Gasteiger partial charge on any atom is 0.244 e. The van der Waals surface area contributed by atoms with Crippen molar-refractivity contribution < 1.29 is 12.8 Å². The van der Waals surface area contributed by atoms with Gasteiger partial charge in [-0.1, -0.05) is 17.7 Å². The molecule has 0 saturated heterocycles. The van der Waals surface area contributed by atoms with Crippen molar-refractivity contribution in [3.63, 3.8) is 0 Å². The normalized spacial score (nSPS) is 12.6. The van der Waals surface area contributed by atoms with E-state index < -0.39 is 15.8 Å². The maximum atomic E-state index is 13.2. The first-order valence-electron chi connectivity index (χ1n) is 7.44. The molecule has 132 valence electrons. The first kappa shape index (κ1) is 18.9. The van der Waals surface area contributed by atoms with Crippen LogP contribution >= 0.6 is 11.6 Å². The highest BCUT2D eigenvalue weighted by Crippen LogP contribution is 2.25. The fourth-order valence-corrected chi connectivity index (χ4v) is 4.18. The van der Waals surface area contributed by atoms with E-state index in [0.29, 0.717) is 17.0 Å². The van der Waals surface area contributed by atoms with Crippen molar-refractivity contribution in [2.24, 2.45) is 0 Å². The van der Waals surface area contributed by atoms with E-state index in [9.17, 15) is 12.8 Å². The summed E-state index contributed by atoms with van der Waals surface area (Å²) in [7, 11) is -3.75. The number of sulfonamides is 1. The highest BCUT2D eigenvalue weighted by molar-refractivity contribution is 7.89. The monoisotopic (exact) mass is 373 g/mol. The molecule has 2 rings (SSSR count). The topological polar surface area (TPSA) is 64.0 Å². The van der Waals surface area contributed by atoms with Gasteiger partial charge in [-0.05, 0) is 52.3 Å². The zero-order valence-electron chi connectivity index (χ0n) is 14.3. The molecule has 2 aromatic rings. The Morgan fingerprint density at radius 1 is 1.29 bits per heavy atom. The number of benzene rings is 1. The predicted molar refractivity (Wildman–Crippen MR) is 92.1 cm³/mol. The summed E-state index contributed by atoms with van der Waals surface area (Å²) in [5.74, 6) is -0.540. The van der Waals surface area contributed by atoms with Crippen molar-refractivity contribution in [3.05, 3.63) is 46.0 Å². The average molecular weight is 374 g/mol. The molecule has 0 saturated carbocycles. The average Bonchev–Trinajstić information content (AvgIpc) is 2.76. The summed E-state index contributed by atoms with van der Waals surface area (Å²) in [6.07, 6.45) is 0. The van der Waals surface area contributed by atoms with Gasteiger partial charge in [-0.25, -0.2) is 17.5 Å². The van der Waals surface area contributed by atoms with Gasteiger partial charge in [0.2, 0.25) is 10.0 Å². The molecule has 1 N–H and O–H groups in total. The molecule has 24 heavy (non-hydrogen) atoms. The first-order valence-corrected chi connectivity index (χ1v) is 9.30. The first-order chi connectivity index (χ1) is 10.9. The van der Waals surface area contributed by atoms with Gasteiger partial charge in [-0.2, -0.15) is 5.10 Å². The summed E-state index contributed by atoms with van der Waals surface area (Å²) in [5, 5.41) is 4.31. The van der Waals surface area contributed by atoms with Gasteiger partial charge >= 0.3 is 0 Å². The second-order valence-corrected chi connectivity index (χ2v) is 8.77. The van der Waals surface area contributed by atoms with E-state index in [0.717, 1.165) is 0 Å². The van der Waals surface area contributed by atoms with Crippen LogP contribution in [0, 0.1) is 19.7 Å². The van der Waals surface area contributed by atoms with Gasteiger partial charge in [-0.15, -0.1) is 0 Å². The number of rotatable bonds is 4. The van der Waals surface area contributed by atoms with E-state index in [1.165, 1.54) is 18.2 Å². The van der Waals surface area contributed by atoms with Crippen molar-refractivity contribution in [1.82, 2.24) is 14.5 Å². The molecule has 0 amide bonds. The van der Waals surface area contributed by atoms with Gasteiger partial charge in [0, 0.05) is 6.54 Å². The van der Waals surface area contributed by atoms with E-state index in [-0.39, 0.29) is 22.0 Å². The molecule has 0 radical (unpaired) electrons. The molecule has 0 spiro atoms. The van der Waals surface area contributed by atoms with E-state index in [2.05, 4.69) is 9.82 Å². The van der Waals surface area contributed by atoms with E-state index >= 15 is 0 Å². The molecule has 0 unspecified atom stereocenters. The number of aryl methyl sites for hydroxylation is 1. The van der Waals surface area contributed by atoms with Crippen LogP contribution in [0.3, 0.4) is 0 Å². The third-order valence-corrected chi connectivity index (χ3v) is 5.52. The number of hydrogen-bond donors (Lipinski definition) is 1. The Kier molecular flexibility index (Phi) is 5.09. The molecule has 0 aliphatic carbocycles. The molecule has 8 heteroatoms. The van der Waals surface area contributed by atoms with Gasteiger partial charge in [0.05, 0.1) is 21.9 Å². The van der Waals surface area contributed by atoms with Crippen molar-refractivity contribution in [1.29, 1.82) is 0 Å². The van der Waals surface area contributed by atoms with Crippen LogP contribution in [-0.2, 0) is 22.1 Å². The minimum absolute atomic E-state index is 0.0158. The molecule has 5 nitrogen and oxygen atoms in total.